The normalized spacial score (nSPS) is 22.4. The molecule has 1 saturated heterocycles. The highest BCUT2D eigenvalue weighted by molar-refractivity contribution is 6.31. The first-order chi connectivity index (χ1) is 10.1. The van der Waals surface area contributed by atoms with Crippen LogP contribution < -0.4 is 5.32 Å². The van der Waals surface area contributed by atoms with E-state index in [4.69, 9.17) is 11.6 Å². The first kappa shape index (κ1) is 16.7. The molecule has 4 heteroatoms. The van der Waals surface area contributed by atoms with Crippen LogP contribution in [0.4, 0.5) is 4.39 Å². The van der Waals surface area contributed by atoms with E-state index < -0.39 is 0 Å². The molecule has 2 nitrogen and oxygen atoms in total. The molecule has 1 unspecified atom stereocenters. The minimum atomic E-state index is -0.324. The summed E-state index contributed by atoms with van der Waals surface area (Å²) in [6.07, 6.45) is 3.27. The summed E-state index contributed by atoms with van der Waals surface area (Å²) in [5.41, 5.74) is 1.03. The topological polar surface area (TPSA) is 15.3 Å². The molecule has 118 valence electrons. The van der Waals surface area contributed by atoms with Crippen molar-refractivity contribution in [2.24, 2.45) is 0 Å². The largest absolute Gasteiger partial charge is 0.311 e. The van der Waals surface area contributed by atoms with Gasteiger partial charge in [-0.2, -0.15) is 0 Å². The molecule has 1 atom stereocenters. The number of rotatable bonds is 5. The Morgan fingerprint density at radius 2 is 2.05 bits per heavy atom. The van der Waals surface area contributed by atoms with Crippen LogP contribution in [-0.4, -0.2) is 29.6 Å². The van der Waals surface area contributed by atoms with Crippen LogP contribution in [0.1, 0.15) is 45.6 Å². The van der Waals surface area contributed by atoms with Crippen molar-refractivity contribution >= 4 is 11.6 Å². The summed E-state index contributed by atoms with van der Waals surface area (Å²) in [5, 5.41) is 3.92. The first-order valence-corrected chi connectivity index (χ1v) is 8.35. The summed E-state index contributed by atoms with van der Waals surface area (Å²) in [4.78, 5) is 2.50. The molecule has 2 rings (SSSR count). The van der Waals surface area contributed by atoms with Crippen LogP contribution in [0.15, 0.2) is 18.2 Å². The van der Waals surface area contributed by atoms with Crippen molar-refractivity contribution in [1.82, 2.24) is 10.2 Å². The predicted molar refractivity (Wildman–Crippen MR) is 87.2 cm³/mol. The predicted octanol–water partition coefficient (Wildman–Crippen LogP) is 4.22. The Kier molecular flexibility index (Phi) is 5.64. The van der Waals surface area contributed by atoms with Gasteiger partial charge in [0.15, 0.2) is 0 Å². The SMILES string of the molecule is CCC1CN(Cc2cccc(F)c2Cl)C(CC)(CC)CN1. The molecule has 0 saturated carbocycles. The fourth-order valence-electron chi connectivity index (χ4n) is 3.30. The minimum absolute atomic E-state index is 0.140. The Morgan fingerprint density at radius 1 is 1.33 bits per heavy atom. The number of piperazine rings is 1. The van der Waals surface area contributed by atoms with Gasteiger partial charge in [0.2, 0.25) is 0 Å². The van der Waals surface area contributed by atoms with Gasteiger partial charge in [-0.05, 0) is 30.9 Å². The summed E-state index contributed by atoms with van der Waals surface area (Å²) < 4.78 is 13.7. The summed E-state index contributed by atoms with van der Waals surface area (Å²) in [6.45, 7) is 9.37. The second-order valence-corrected chi connectivity index (χ2v) is 6.39. The van der Waals surface area contributed by atoms with Crippen LogP contribution in [0.25, 0.3) is 0 Å². The van der Waals surface area contributed by atoms with Gasteiger partial charge in [-0.3, -0.25) is 4.90 Å². The number of halogens is 2. The van der Waals surface area contributed by atoms with E-state index in [1.807, 2.05) is 6.07 Å². The van der Waals surface area contributed by atoms with E-state index in [9.17, 15) is 4.39 Å². The third-order valence-corrected chi connectivity index (χ3v) is 5.46. The number of nitrogens with zero attached hydrogens (tertiary/aromatic N) is 1. The highest BCUT2D eigenvalue weighted by Crippen LogP contribution is 2.31. The van der Waals surface area contributed by atoms with E-state index in [1.54, 1.807) is 6.07 Å². The first-order valence-electron chi connectivity index (χ1n) is 7.97. The molecule has 0 amide bonds. The highest BCUT2D eigenvalue weighted by Gasteiger charge is 2.38. The molecule has 1 aromatic carbocycles. The Bertz CT molecular complexity index is 474. The summed E-state index contributed by atoms with van der Waals surface area (Å²) in [7, 11) is 0. The van der Waals surface area contributed by atoms with Crippen LogP contribution >= 0.6 is 11.6 Å². The van der Waals surface area contributed by atoms with E-state index in [1.165, 1.54) is 6.07 Å². The second kappa shape index (κ2) is 7.08. The van der Waals surface area contributed by atoms with Crippen molar-refractivity contribution < 1.29 is 4.39 Å². The van der Waals surface area contributed by atoms with Crippen LogP contribution in [0.2, 0.25) is 5.02 Å². The lowest BCUT2D eigenvalue weighted by molar-refractivity contribution is 0.0237. The third-order valence-electron chi connectivity index (χ3n) is 5.03. The fraction of sp³-hybridized carbons (Fsp3) is 0.647. The maximum absolute atomic E-state index is 13.7. The van der Waals surface area contributed by atoms with Gasteiger partial charge in [-0.1, -0.05) is 44.5 Å². The summed E-state index contributed by atoms with van der Waals surface area (Å²) in [5.74, 6) is -0.324. The van der Waals surface area contributed by atoms with Crippen LogP contribution in [0.3, 0.4) is 0 Å². The van der Waals surface area contributed by atoms with E-state index in [2.05, 4.69) is 31.0 Å². The van der Waals surface area contributed by atoms with Crippen molar-refractivity contribution in [3.8, 4) is 0 Å². The summed E-state index contributed by atoms with van der Waals surface area (Å²) >= 11 is 6.14. The van der Waals surface area contributed by atoms with Crippen molar-refractivity contribution in [2.45, 2.75) is 58.2 Å². The molecule has 1 N–H and O–H groups in total. The fourth-order valence-corrected chi connectivity index (χ4v) is 3.49. The van der Waals surface area contributed by atoms with E-state index in [0.717, 1.165) is 44.5 Å². The smallest absolute Gasteiger partial charge is 0.142 e. The van der Waals surface area contributed by atoms with E-state index in [-0.39, 0.29) is 16.4 Å². The zero-order valence-corrected chi connectivity index (χ0v) is 14.0. The minimum Gasteiger partial charge on any atom is -0.311 e. The van der Waals surface area contributed by atoms with Gasteiger partial charge in [0.25, 0.3) is 0 Å². The molecule has 0 aliphatic carbocycles. The van der Waals surface area contributed by atoms with Crippen LogP contribution in [-0.2, 0) is 6.54 Å². The number of hydrogen-bond acceptors (Lipinski definition) is 2. The van der Waals surface area contributed by atoms with Gasteiger partial charge < -0.3 is 5.32 Å². The molecule has 0 aromatic heterocycles. The molecule has 1 aliphatic heterocycles. The lowest BCUT2D eigenvalue weighted by Crippen LogP contribution is -2.63. The molecule has 0 radical (unpaired) electrons. The second-order valence-electron chi connectivity index (χ2n) is 6.01. The third kappa shape index (κ3) is 3.41. The average Bonchev–Trinajstić information content (AvgIpc) is 2.52. The van der Waals surface area contributed by atoms with Gasteiger partial charge in [0.05, 0.1) is 5.02 Å². The molecule has 1 aromatic rings. The molecular weight excluding hydrogens is 287 g/mol. The molecule has 0 bridgehead atoms. The standard InChI is InChI=1S/C17H26ClFN2/c1-4-14-11-21(17(5-2,6-3)12-20-14)10-13-8-7-9-15(19)16(13)18/h7-9,14,20H,4-6,10-12H2,1-3H3. The lowest BCUT2D eigenvalue weighted by atomic mass is 9.86. The molecule has 21 heavy (non-hydrogen) atoms. The van der Waals surface area contributed by atoms with Crippen molar-refractivity contribution in [1.29, 1.82) is 0 Å². The lowest BCUT2D eigenvalue weighted by Gasteiger charge is -2.50. The Hall–Kier alpha value is -0.640. The Labute approximate surface area is 132 Å². The van der Waals surface area contributed by atoms with Crippen molar-refractivity contribution in [3.05, 3.63) is 34.6 Å². The van der Waals surface area contributed by atoms with Gasteiger partial charge in [-0.25, -0.2) is 4.39 Å². The van der Waals surface area contributed by atoms with E-state index >= 15 is 0 Å². The van der Waals surface area contributed by atoms with Gasteiger partial charge in [0, 0.05) is 31.2 Å². The van der Waals surface area contributed by atoms with Gasteiger partial charge in [-0.15, -0.1) is 0 Å². The van der Waals surface area contributed by atoms with Crippen molar-refractivity contribution in [3.63, 3.8) is 0 Å². The van der Waals surface area contributed by atoms with E-state index in [0.29, 0.717) is 6.04 Å². The zero-order valence-electron chi connectivity index (χ0n) is 13.3. The van der Waals surface area contributed by atoms with Gasteiger partial charge >= 0.3 is 0 Å². The highest BCUT2D eigenvalue weighted by atomic mass is 35.5. The molecule has 1 heterocycles. The average molecular weight is 313 g/mol. The molecule has 0 spiro atoms. The number of nitrogens with one attached hydrogen (secondary N) is 1. The number of benzene rings is 1. The molecular formula is C17H26ClFN2. The summed E-state index contributed by atoms with van der Waals surface area (Å²) in [6, 6.07) is 5.61. The molecule has 1 aliphatic rings. The monoisotopic (exact) mass is 312 g/mol. The van der Waals surface area contributed by atoms with Crippen molar-refractivity contribution in [2.75, 3.05) is 13.1 Å². The maximum atomic E-state index is 13.7. The Balaban J connectivity index is 2.25. The van der Waals surface area contributed by atoms with Gasteiger partial charge in [0.1, 0.15) is 5.82 Å². The quantitative estimate of drug-likeness (QED) is 0.875. The Morgan fingerprint density at radius 3 is 2.67 bits per heavy atom. The number of hydrogen-bond donors (Lipinski definition) is 1. The molecule has 1 fully saturated rings. The zero-order chi connectivity index (χ0) is 15.5. The van der Waals surface area contributed by atoms with Crippen LogP contribution in [0, 0.1) is 5.82 Å². The maximum Gasteiger partial charge on any atom is 0.142 e. The van der Waals surface area contributed by atoms with Crippen LogP contribution in [0.5, 0.6) is 0 Å².